The van der Waals surface area contributed by atoms with Crippen LogP contribution in [-0.4, -0.2) is 28.4 Å². The Kier molecular flexibility index (Phi) is 3.10. The predicted octanol–water partition coefficient (Wildman–Crippen LogP) is 0.701. The summed E-state index contributed by atoms with van der Waals surface area (Å²) in [6, 6.07) is 0. The number of hydrogen-bond acceptors (Lipinski definition) is 4. The van der Waals surface area contributed by atoms with Gasteiger partial charge in [0.05, 0.1) is 5.54 Å². The van der Waals surface area contributed by atoms with Gasteiger partial charge in [0.15, 0.2) is 5.82 Å². The average molecular weight is 197 g/mol. The number of nitrogens with zero attached hydrogens (tertiary/aromatic N) is 3. The third kappa shape index (κ3) is 1.87. The maximum absolute atomic E-state index is 4.16. The highest BCUT2D eigenvalue weighted by Gasteiger charge is 2.25. The van der Waals surface area contributed by atoms with Gasteiger partial charge in [0.1, 0.15) is 0 Å². The number of anilines is 1. The van der Waals surface area contributed by atoms with Gasteiger partial charge >= 0.3 is 0 Å². The second-order valence-corrected chi connectivity index (χ2v) is 3.81. The topological polar surface area (TPSA) is 54.8 Å². The summed E-state index contributed by atoms with van der Waals surface area (Å²) in [5, 5.41) is 14.6. The Morgan fingerprint density at radius 1 is 1.36 bits per heavy atom. The van der Waals surface area contributed by atoms with Crippen molar-refractivity contribution in [2.45, 2.75) is 26.3 Å². The molecule has 0 spiro atoms. The molecule has 0 saturated carbocycles. The third-order valence-electron chi connectivity index (χ3n) is 2.28. The molecule has 0 aliphatic carbocycles. The summed E-state index contributed by atoms with van der Waals surface area (Å²) >= 11 is 0. The van der Waals surface area contributed by atoms with E-state index in [1.54, 1.807) is 0 Å². The zero-order chi connectivity index (χ0) is 10.8. The Hall–Kier alpha value is -1.10. The van der Waals surface area contributed by atoms with Crippen LogP contribution in [0.5, 0.6) is 0 Å². The van der Waals surface area contributed by atoms with Gasteiger partial charge in [-0.3, -0.25) is 4.57 Å². The first-order valence-corrected chi connectivity index (χ1v) is 4.85. The second-order valence-electron chi connectivity index (χ2n) is 3.81. The molecule has 1 aromatic rings. The van der Waals surface area contributed by atoms with Gasteiger partial charge in [-0.25, -0.2) is 0 Å². The standard InChI is InChI=1S/C9H19N5/c1-6-11-9(2,3)7-12-13-8(10-4)14(7)5/h11H,6H2,1-5H3,(H,10,13). The first kappa shape index (κ1) is 11.0. The van der Waals surface area contributed by atoms with Gasteiger partial charge in [0, 0.05) is 14.1 Å². The molecule has 0 fully saturated rings. The number of aromatic nitrogens is 3. The van der Waals surface area contributed by atoms with Crippen LogP contribution in [-0.2, 0) is 12.6 Å². The molecule has 5 nitrogen and oxygen atoms in total. The van der Waals surface area contributed by atoms with Gasteiger partial charge in [0.2, 0.25) is 5.95 Å². The molecular weight excluding hydrogens is 178 g/mol. The van der Waals surface area contributed by atoms with E-state index in [1.165, 1.54) is 0 Å². The molecule has 0 unspecified atom stereocenters. The van der Waals surface area contributed by atoms with Crippen molar-refractivity contribution in [1.29, 1.82) is 0 Å². The number of rotatable bonds is 4. The smallest absolute Gasteiger partial charge is 0.224 e. The van der Waals surface area contributed by atoms with Crippen molar-refractivity contribution in [2.24, 2.45) is 7.05 Å². The van der Waals surface area contributed by atoms with Gasteiger partial charge in [-0.2, -0.15) is 0 Å². The molecule has 0 amide bonds. The molecule has 0 saturated heterocycles. The minimum atomic E-state index is -0.147. The van der Waals surface area contributed by atoms with Crippen LogP contribution in [0.1, 0.15) is 26.6 Å². The van der Waals surface area contributed by atoms with E-state index in [0.29, 0.717) is 0 Å². The summed E-state index contributed by atoms with van der Waals surface area (Å²) in [6.45, 7) is 7.19. The number of nitrogens with one attached hydrogen (secondary N) is 2. The quantitative estimate of drug-likeness (QED) is 0.746. The Morgan fingerprint density at radius 3 is 2.43 bits per heavy atom. The Bertz CT molecular complexity index is 302. The molecule has 0 aliphatic rings. The summed E-state index contributed by atoms with van der Waals surface area (Å²) < 4.78 is 1.96. The fourth-order valence-electron chi connectivity index (χ4n) is 1.61. The molecule has 80 valence electrons. The van der Waals surface area contributed by atoms with Crippen LogP contribution in [0.15, 0.2) is 0 Å². The molecule has 5 heteroatoms. The van der Waals surface area contributed by atoms with Crippen molar-refractivity contribution >= 4 is 5.95 Å². The van der Waals surface area contributed by atoms with E-state index >= 15 is 0 Å². The lowest BCUT2D eigenvalue weighted by atomic mass is 10.1. The summed E-state index contributed by atoms with van der Waals surface area (Å²) in [5.74, 6) is 1.72. The highest BCUT2D eigenvalue weighted by atomic mass is 15.4. The molecule has 0 aromatic carbocycles. The largest absolute Gasteiger partial charge is 0.357 e. The highest BCUT2D eigenvalue weighted by molar-refractivity contribution is 5.25. The first-order valence-electron chi connectivity index (χ1n) is 4.85. The van der Waals surface area contributed by atoms with Crippen molar-refractivity contribution < 1.29 is 0 Å². The lowest BCUT2D eigenvalue weighted by Gasteiger charge is -2.24. The van der Waals surface area contributed by atoms with Gasteiger partial charge in [0.25, 0.3) is 0 Å². The van der Waals surface area contributed by atoms with Crippen molar-refractivity contribution in [3.8, 4) is 0 Å². The van der Waals surface area contributed by atoms with Crippen LogP contribution in [0, 0.1) is 0 Å². The SMILES string of the molecule is CCNC(C)(C)c1nnc(NC)n1C. The summed E-state index contributed by atoms with van der Waals surface area (Å²) in [5.41, 5.74) is -0.147. The summed E-state index contributed by atoms with van der Waals surface area (Å²) in [7, 11) is 3.80. The van der Waals surface area contributed by atoms with Gasteiger partial charge in [-0.15, -0.1) is 10.2 Å². The van der Waals surface area contributed by atoms with Gasteiger partial charge < -0.3 is 10.6 Å². The van der Waals surface area contributed by atoms with Crippen LogP contribution in [0.3, 0.4) is 0 Å². The highest BCUT2D eigenvalue weighted by Crippen LogP contribution is 2.18. The predicted molar refractivity (Wildman–Crippen MR) is 57.3 cm³/mol. The van der Waals surface area contributed by atoms with E-state index in [0.717, 1.165) is 18.3 Å². The molecular formula is C9H19N5. The van der Waals surface area contributed by atoms with Crippen molar-refractivity contribution in [1.82, 2.24) is 20.1 Å². The molecule has 0 bridgehead atoms. The Morgan fingerprint density at radius 2 is 2.00 bits per heavy atom. The van der Waals surface area contributed by atoms with Crippen LogP contribution in [0.2, 0.25) is 0 Å². The van der Waals surface area contributed by atoms with E-state index < -0.39 is 0 Å². The van der Waals surface area contributed by atoms with Crippen molar-refractivity contribution in [3.63, 3.8) is 0 Å². The summed E-state index contributed by atoms with van der Waals surface area (Å²) in [4.78, 5) is 0. The Labute approximate surface area is 84.9 Å². The zero-order valence-corrected chi connectivity index (χ0v) is 9.55. The molecule has 14 heavy (non-hydrogen) atoms. The lowest BCUT2D eigenvalue weighted by molar-refractivity contribution is 0.380. The molecule has 2 N–H and O–H groups in total. The normalized spacial score (nSPS) is 11.8. The Balaban J connectivity index is 3.00. The second kappa shape index (κ2) is 3.96. The first-order chi connectivity index (χ1) is 6.53. The van der Waals surface area contributed by atoms with Crippen LogP contribution < -0.4 is 10.6 Å². The van der Waals surface area contributed by atoms with E-state index in [1.807, 2.05) is 18.7 Å². The van der Waals surface area contributed by atoms with Gasteiger partial charge in [-0.1, -0.05) is 6.92 Å². The monoisotopic (exact) mass is 197 g/mol. The summed E-state index contributed by atoms with van der Waals surface area (Å²) in [6.07, 6.45) is 0. The fourth-order valence-corrected chi connectivity index (χ4v) is 1.61. The fraction of sp³-hybridized carbons (Fsp3) is 0.778. The lowest BCUT2D eigenvalue weighted by Crippen LogP contribution is -2.38. The minimum Gasteiger partial charge on any atom is -0.357 e. The molecule has 1 heterocycles. The van der Waals surface area contributed by atoms with Crippen molar-refractivity contribution in [2.75, 3.05) is 18.9 Å². The number of hydrogen-bond donors (Lipinski definition) is 2. The molecule has 1 rings (SSSR count). The maximum Gasteiger partial charge on any atom is 0.224 e. The third-order valence-corrected chi connectivity index (χ3v) is 2.28. The van der Waals surface area contributed by atoms with Crippen LogP contribution in [0.4, 0.5) is 5.95 Å². The maximum atomic E-state index is 4.16. The molecule has 0 aliphatic heterocycles. The van der Waals surface area contributed by atoms with E-state index in [2.05, 4.69) is 41.6 Å². The molecule has 0 atom stereocenters. The molecule has 0 radical (unpaired) electrons. The van der Waals surface area contributed by atoms with Crippen LogP contribution in [0.25, 0.3) is 0 Å². The average Bonchev–Trinajstić information content (AvgIpc) is 2.47. The van der Waals surface area contributed by atoms with Crippen molar-refractivity contribution in [3.05, 3.63) is 5.82 Å². The molecule has 1 aromatic heterocycles. The zero-order valence-electron chi connectivity index (χ0n) is 9.55. The minimum absolute atomic E-state index is 0.147. The van der Waals surface area contributed by atoms with Crippen LogP contribution >= 0.6 is 0 Å². The van der Waals surface area contributed by atoms with E-state index in [4.69, 9.17) is 0 Å². The van der Waals surface area contributed by atoms with E-state index in [9.17, 15) is 0 Å². The van der Waals surface area contributed by atoms with E-state index in [-0.39, 0.29) is 5.54 Å². The van der Waals surface area contributed by atoms with Gasteiger partial charge in [-0.05, 0) is 20.4 Å².